The molecule has 0 bridgehead atoms. The van der Waals surface area contributed by atoms with E-state index in [4.69, 9.17) is 5.26 Å². The number of nitrogens with zero attached hydrogens (tertiary/aromatic N) is 1. The minimum atomic E-state index is 0.00855. The predicted molar refractivity (Wildman–Crippen MR) is 50.9 cm³/mol. The van der Waals surface area contributed by atoms with Gasteiger partial charge in [-0.1, -0.05) is 0 Å². The number of rotatable bonds is 6. The van der Waals surface area contributed by atoms with E-state index in [1.807, 2.05) is 13.8 Å². The maximum absolute atomic E-state index is 10.9. The molecule has 0 heterocycles. The molecule has 0 radical (unpaired) electrons. The molecule has 0 spiro atoms. The molecule has 1 unspecified atom stereocenters. The second-order valence-electron chi connectivity index (χ2n) is 2.94. The molecule has 4 nitrogen and oxygen atoms in total. The van der Waals surface area contributed by atoms with E-state index in [0.29, 0.717) is 26.1 Å². The van der Waals surface area contributed by atoms with Gasteiger partial charge in [0.2, 0.25) is 5.91 Å². The molecule has 0 aliphatic heterocycles. The summed E-state index contributed by atoms with van der Waals surface area (Å²) >= 11 is 0. The zero-order valence-electron chi connectivity index (χ0n) is 8.26. The van der Waals surface area contributed by atoms with Crippen molar-refractivity contribution in [3.8, 4) is 6.07 Å². The number of amides is 1. The van der Waals surface area contributed by atoms with Crippen LogP contribution in [-0.2, 0) is 4.79 Å². The number of hydrogen-bond acceptors (Lipinski definition) is 3. The summed E-state index contributed by atoms with van der Waals surface area (Å²) in [6.07, 6.45) is 0.478. The lowest BCUT2D eigenvalue weighted by molar-refractivity contribution is -0.120. The minimum Gasteiger partial charge on any atom is -0.356 e. The lowest BCUT2D eigenvalue weighted by Gasteiger charge is -2.05. The van der Waals surface area contributed by atoms with Crippen molar-refractivity contribution >= 4 is 5.91 Å². The van der Waals surface area contributed by atoms with Crippen molar-refractivity contribution in [3.63, 3.8) is 0 Å². The molecular formula is C9H17N3O. The average molecular weight is 183 g/mol. The van der Waals surface area contributed by atoms with E-state index in [1.165, 1.54) is 0 Å². The molecule has 0 aliphatic carbocycles. The van der Waals surface area contributed by atoms with E-state index in [2.05, 4.69) is 16.7 Å². The molecule has 0 saturated carbocycles. The van der Waals surface area contributed by atoms with Crippen LogP contribution in [0.3, 0.4) is 0 Å². The van der Waals surface area contributed by atoms with Gasteiger partial charge in [0.1, 0.15) is 0 Å². The summed E-state index contributed by atoms with van der Waals surface area (Å²) in [5.74, 6) is 0.0637. The van der Waals surface area contributed by atoms with Crippen LogP contribution < -0.4 is 10.6 Å². The first-order valence-electron chi connectivity index (χ1n) is 4.57. The van der Waals surface area contributed by atoms with Crippen LogP contribution in [0.5, 0.6) is 0 Å². The topological polar surface area (TPSA) is 64.9 Å². The fraction of sp³-hybridized carbons (Fsp3) is 0.778. The summed E-state index contributed by atoms with van der Waals surface area (Å²) in [6, 6.07) is 2.12. The standard InChI is InChI=1S/C9H17N3O/c1-3-12-9(13)4-5-11-7-8(2)6-10/h8,11H,3-5,7H2,1-2H3,(H,12,13). The second-order valence-corrected chi connectivity index (χ2v) is 2.94. The third-order valence-electron chi connectivity index (χ3n) is 1.57. The molecule has 0 aliphatic rings. The molecule has 1 atom stereocenters. The number of hydrogen-bond donors (Lipinski definition) is 2. The molecule has 0 fully saturated rings. The van der Waals surface area contributed by atoms with Crippen LogP contribution in [0.25, 0.3) is 0 Å². The Bertz CT molecular complexity index is 186. The number of nitrogens with one attached hydrogen (secondary N) is 2. The van der Waals surface area contributed by atoms with Crippen molar-refractivity contribution < 1.29 is 4.79 Å². The van der Waals surface area contributed by atoms with Gasteiger partial charge in [0.05, 0.1) is 12.0 Å². The van der Waals surface area contributed by atoms with E-state index >= 15 is 0 Å². The SMILES string of the molecule is CCNC(=O)CCNCC(C)C#N. The summed E-state index contributed by atoms with van der Waals surface area (Å²) in [5.41, 5.74) is 0. The summed E-state index contributed by atoms with van der Waals surface area (Å²) in [6.45, 7) is 5.70. The van der Waals surface area contributed by atoms with Gasteiger partial charge in [-0.25, -0.2) is 0 Å². The monoisotopic (exact) mass is 183 g/mol. The fourth-order valence-electron chi connectivity index (χ4n) is 0.852. The third kappa shape index (κ3) is 7.29. The van der Waals surface area contributed by atoms with Crippen LogP contribution in [0.2, 0.25) is 0 Å². The summed E-state index contributed by atoms with van der Waals surface area (Å²) < 4.78 is 0. The van der Waals surface area contributed by atoms with Gasteiger partial charge < -0.3 is 10.6 Å². The zero-order chi connectivity index (χ0) is 10.1. The van der Waals surface area contributed by atoms with Gasteiger partial charge in [0.25, 0.3) is 0 Å². The Morgan fingerprint density at radius 2 is 2.31 bits per heavy atom. The number of carbonyl (C=O) groups excluding carboxylic acids is 1. The van der Waals surface area contributed by atoms with Gasteiger partial charge in [-0.2, -0.15) is 5.26 Å². The van der Waals surface area contributed by atoms with Crippen molar-refractivity contribution in [3.05, 3.63) is 0 Å². The van der Waals surface area contributed by atoms with Gasteiger partial charge in [0, 0.05) is 26.1 Å². The second kappa shape index (κ2) is 7.56. The van der Waals surface area contributed by atoms with E-state index in [-0.39, 0.29) is 11.8 Å². The maximum Gasteiger partial charge on any atom is 0.221 e. The van der Waals surface area contributed by atoms with E-state index in [1.54, 1.807) is 0 Å². The normalized spacial score (nSPS) is 11.8. The molecule has 0 rings (SSSR count). The lowest BCUT2D eigenvalue weighted by Crippen LogP contribution is -2.29. The van der Waals surface area contributed by atoms with Crippen molar-refractivity contribution in [2.45, 2.75) is 20.3 Å². The quantitative estimate of drug-likeness (QED) is 0.581. The molecular weight excluding hydrogens is 166 g/mol. The molecule has 4 heteroatoms. The predicted octanol–water partition coefficient (Wildman–Crippen LogP) is 0.262. The van der Waals surface area contributed by atoms with Crippen molar-refractivity contribution in [1.29, 1.82) is 5.26 Å². The van der Waals surface area contributed by atoms with E-state index < -0.39 is 0 Å². The number of carbonyl (C=O) groups is 1. The highest BCUT2D eigenvalue weighted by Gasteiger charge is 2.00. The highest BCUT2D eigenvalue weighted by Crippen LogP contribution is 1.87. The smallest absolute Gasteiger partial charge is 0.221 e. The molecule has 1 amide bonds. The Hall–Kier alpha value is -1.08. The van der Waals surface area contributed by atoms with Crippen LogP contribution in [-0.4, -0.2) is 25.5 Å². The van der Waals surface area contributed by atoms with E-state index in [0.717, 1.165) is 0 Å². The Morgan fingerprint density at radius 3 is 2.85 bits per heavy atom. The third-order valence-corrected chi connectivity index (χ3v) is 1.57. The average Bonchev–Trinajstić information content (AvgIpc) is 2.12. The Morgan fingerprint density at radius 1 is 1.62 bits per heavy atom. The first-order chi connectivity index (χ1) is 6.20. The summed E-state index contributed by atoms with van der Waals surface area (Å²) in [4.78, 5) is 10.9. The summed E-state index contributed by atoms with van der Waals surface area (Å²) in [7, 11) is 0. The minimum absolute atomic E-state index is 0.00855. The van der Waals surface area contributed by atoms with Gasteiger partial charge in [-0.3, -0.25) is 4.79 Å². The molecule has 0 aromatic carbocycles. The lowest BCUT2D eigenvalue weighted by atomic mass is 10.2. The highest BCUT2D eigenvalue weighted by atomic mass is 16.1. The van der Waals surface area contributed by atoms with Crippen molar-refractivity contribution in [2.75, 3.05) is 19.6 Å². The van der Waals surface area contributed by atoms with Gasteiger partial charge in [-0.05, 0) is 13.8 Å². The first-order valence-corrected chi connectivity index (χ1v) is 4.57. The van der Waals surface area contributed by atoms with Crippen LogP contribution >= 0.6 is 0 Å². The largest absolute Gasteiger partial charge is 0.356 e. The zero-order valence-corrected chi connectivity index (χ0v) is 8.26. The van der Waals surface area contributed by atoms with Gasteiger partial charge in [-0.15, -0.1) is 0 Å². The number of nitriles is 1. The molecule has 0 saturated heterocycles. The van der Waals surface area contributed by atoms with Crippen LogP contribution in [0.1, 0.15) is 20.3 Å². The highest BCUT2D eigenvalue weighted by molar-refractivity contribution is 5.75. The van der Waals surface area contributed by atoms with Gasteiger partial charge in [0.15, 0.2) is 0 Å². The molecule has 0 aromatic heterocycles. The summed E-state index contributed by atoms with van der Waals surface area (Å²) in [5, 5.41) is 14.2. The maximum atomic E-state index is 10.9. The Balaban J connectivity index is 3.26. The molecule has 0 aromatic rings. The van der Waals surface area contributed by atoms with Crippen LogP contribution in [0.4, 0.5) is 0 Å². The Kier molecular flexibility index (Phi) is 6.93. The van der Waals surface area contributed by atoms with E-state index in [9.17, 15) is 4.79 Å². The van der Waals surface area contributed by atoms with Crippen LogP contribution in [0, 0.1) is 17.2 Å². The van der Waals surface area contributed by atoms with Crippen LogP contribution in [0.15, 0.2) is 0 Å². The van der Waals surface area contributed by atoms with Crippen molar-refractivity contribution in [2.24, 2.45) is 5.92 Å². The van der Waals surface area contributed by atoms with Gasteiger partial charge >= 0.3 is 0 Å². The molecule has 13 heavy (non-hydrogen) atoms. The van der Waals surface area contributed by atoms with Crippen molar-refractivity contribution in [1.82, 2.24) is 10.6 Å². The molecule has 74 valence electrons. The fourth-order valence-corrected chi connectivity index (χ4v) is 0.852. The molecule has 2 N–H and O–H groups in total. The Labute approximate surface area is 79.3 Å². The first kappa shape index (κ1) is 11.9.